The number of carbonyl (C=O) groups is 1. The van der Waals surface area contributed by atoms with Crippen molar-refractivity contribution in [2.24, 2.45) is 5.14 Å². The van der Waals surface area contributed by atoms with Crippen molar-refractivity contribution in [2.45, 2.75) is 11.8 Å². The number of hydrogen-bond acceptors (Lipinski definition) is 5. The molecule has 0 bridgehead atoms. The van der Waals surface area contributed by atoms with Crippen LogP contribution in [0.1, 0.15) is 16.1 Å². The number of nitrogens with one attached hydrogen (secondary N) is 1. The number of carbonyl (C=O) groups excluding carboxylic acids is 1. The molecule has 0 aliphatic rings. The number of primary sulfonamides is 1. The predicted octanol–water partition coefficient (Wildman–Crippen LogP) is 3.30. The molecule has 0 aliphatic carbocycles. The first-order valence-corrected chi connectivity index (χ1v) is 9.34. The number of fused-ring (bicyclic) bond motifs is 1. The van der Waals surface area contributed by atoms with E-state index in [4.69, 9.17) is 25.9 Å². The minimum Gasteiger partial charge on any atom is -0.495 e. The second kappa shape index (κ2) is 6.64. The highest BCUT2D eigenvalue weighted by molar-refractivity contribution is 7.89. The summed E-state index contributed by atoms with van der Waals surface area (Å²) in [6, 6.07) is 9.33. The molecule has 0 saturated carbocycles. The molecule has 0 spiro atoms. The molecule has 3 aromatic rings. The zero-order valence-electron chi connectivity index (χ0n) is 13.9. The number of nitrogens with two attached hydrogens (primary N) is 1. The molecule has 0 saturated heterocycles. The zero-order chi connectivity index (χ0) is 19.1. The van der Waals surface area contributed by atoms with E-state index in [1.165, 1.54) is 25.3 Å². The summed E-state index contributed by atoms with van der Waals surface area (Å²) in [5, 5.41) is 8.89. The molecule has 0 fully saturated rings. The number of methoxy groups -OCH3 is 1. The molecular formula is C17H15ClN2O5S. The number of benzene rings is 2. The van der Waals surface area contributed by atoms with E-state index in [0.29, 0.717) is 16.2 Å². The Balaban J connectivity index is 1.99. The van der Waals surface area contributed by atoms with Gasteiger partial charge in [-0.25, -0.2) is 13.6 Å². The Morgan fingerprint density at radius 2 is 2.00 bits per heavy atom. The van der Waals surface area contributed by atoms with Crippen molar-refractivity contribution < 1.29 is 22.4 Å². The van der Waals surface area contributed by atoms with E-state index < -0.39 is 15.9 Å². The minimum absolute atomic E-state index is 0.0807. The molecule has 1 amide bonds. The summed E-state index contributed by atoms with van der Waals surface area (Å²) in [6.45, 7) is 1.74. The first-order valence-electron chi connectivity index (χ1n) is 7.42. The second-order valence-electron chi connectivity index (χ2n) is 5.54. The van der Waals surface area contributed by atoms with Crippen LogP contribution in [0.15, 0.2) is 45.7 Å². The lowest BCUT2D eigenvalue weighted by Gasteiger charge is -2.10. The summed E-state index contributed by atoms with van der Waals surface area (Å²) in [7, 11) is -2.70. The smallest absolute Gasteiger partial charge is 0.291 e. The number of hydrogen-bond donors (Lipinski definition) is 2. The molecule has 1 aromatic heterocycles. The first-order chi connectivity index (χ1) is 12.2. The largest absolute Gasteiger partial charge is 0.495 e. The Hall–Kier alpha value is -2.55. The third-order valence-electron chi connectivity index (χ3n) is 3.85. The van der Waals surface area contributed by atoms with Crippen molar-refractivity contribution in [3.8, 4) is 5.75 Å². The van der Waals surface area contributed by atoms with Crippen molar-refractivity contribution in [1.29, 1.82) is 0 Å². The summed E-state index contributed by atoms with van der Waals surface area (Å²) in [4.78, 5) is 12.3. The molecule has 0 atom stereocenters. The topological polar surface area (TPSA) is 112 Å². The maximum absolute atomic E-state index is 12.6. The lowest BCUT2D eigenvalue weighted by Crippen LogP contribution is -2.16. The molecule has 26 heavy (non-hydrogen) atoms. The van der Waals surface area contributed by atoms with Gasteiger partial charge in [-0.05, 0) is 31.2 Å². The number of para-hydroxylation sites is 1. The lowest BCUT2D eigenvalue weighted by molar-refractivity contribution is 0.0998. The van der Waals surface area contributed by atoms with Crippen LogP contribution < -0.4 is 15.2 Å². The molecule has 136 valence electrons. The van der Waals surface area contributed by atoms with Crippen molar-refractivity contribution in [3.63, 3.8) is 0 Å². The van der Waals surface area contributed by atoms with Gasteiger partial charge in [0, 0.05) is 16.6 Å². The number of furan rings is 1. The predicted molar refractivity (Wildman–Crippen MR) is 98.3 cm³/mol. The molecule has 9 heteroatoms. The fourth-order valence-corrected chi connectivity index (χ4v) is 3.53. The van der Waals surface area contributed by atoms with Crippen molar-refractivity contribution in [1.82, 2.24) is 0 Å². The van der Waals surface area contributed by atoms with Gasteiger partial charge in [-0.3, -0.25) is 4.79 Å². The molecule has 2 aromatic carbocycles. The van der Waals surface area contributed by atoms with Crippen LogP contribution in [0.5, 0.6) is 5.75 Å². The standard InChI is InChI=1S/C17H15ClN2O5S/c1-9-11-4-3-5-12(18)16(11)25-15(9)17(21)20-10-6-7-13(24-2)14(8-10)26(19,22)23/h3-8H,1-2H3,(H,20,21)(H2,19,22,23). The van der Waals surface area contributed by atoms with E-state index in [1.54, 1.807) is 25.1 Å². The quantitative estimate of drug-likeness (QED) is 0.705. The van der Waals surface area contributed by atoms with Crippen LogP contribution in [0, 0.1) is 6.92 Å². The number of ether oxygens (including phenoxy) is 1. The number of sulfonamides is 1. The first kappa shape index (κ1) is 18.2. The molecule has 3 N–H and O–H groups in total. The van der Waals surface area contributed by atoms with Gasteiger partial charge in [-0.1, -0.05) is 23.7 Å². The maximum atomic E-state index is 12.6. The SMILES string of the molecule is COc1ccc(NC(=O)c2oc3c(Cl)cccc3c2C)cc1S(N)(=O)=O. The van der Waals surface area contributed by atoms with E-state index in [2.05, 4.69) is 5.32 Å². The van der Waals surface area contributed by atoms with Gasteiger partial charge in [-0.15, -0.1) is 0 Å². The van der Waals surface area contributed by atoms with Gasteiger partial charge in [-0.2, -0.15) is 0 Å². The van der Waals surface area contributed by atoms with Gasteiger partial charge >= 0.3 is 0 Å². The Bertz CT molecular complexity index is 1120. The van der Waals surface area contributed by atoms with Crippen molar-refractivity contribution >= 4 is 44.2 Å². The van der Waals surface area contributed by atoms with Crippen molar-refractivity contribution in [2.75, 3.05) is 12.4 Å². The van der Waals surface area contributed by atoms with E-state index in [0.717, 1.165) is 5.39 Å². The average Bonchev–Trinajstić information content (AvgIpc) is 2.93. The van der Waals surface area contributed by atoms with Crippen molar-refractivity contribution in [3.05, 3.63) is 52.7 Å². The van der Waals surface area contributed by atoms with Crippen LogP contribution in [0.2, 0.25) is 5.02 Å². The molecular weight excluding hydrogens is 380 g/mol. The highest BCUT2D eigenvalue weighted by Gasteiger charge is 2.21. The monoisotopic (exact) mass is 394 g/mol. The summed E-state index contributed by atoms with van der Waals surface area (Å²) in [5.41, 5.74) is 1.27. The third-order valence-corrected chi connectivity index (χ3v) is 5.08. The number of aryl methyl sites for hydroxylation is 1. The molecule has 0 unspecified atom stereocenters. The van der Waals surface area contributed by atoms with Gasteiger partial charge < -0.3 is 14.5 Å². The van der Waals surface area contributed by atoms with Crippen LogP contribution in [0.25, 0.3) is 11.0 Å². The second-order valence-corrected chi connectivity index (χ2v) is 7.47. The van der Waals surface area contributed by atoms with Gasteiger partial charge in [0.2, 0.25) is 10.0 Å². The van der Waals surface area contributed by atoms with Gasteiger partial charge in [0.05, 0.1) is 12.1 Å². The van der Waals surface area contributed by atoms with Crippen LogP contribution in [0.4, 0.5) is 5.69 Å². The molecule has 0 radical (unpaired) electrons. The summed E-state index contributed by atoms with van der Waals surface area (Å²) in [6.07, 6.45) is 0. The van der Waals surface area contributed by atoms with Crippen LogP contribution in [-0.2, 0) is 10.0 Å². The Kier molecular flexibility index (Phi) is 4.66. The molecule has 1 heterocycles. The highest BCUT2D eigenvalue weighted by atomic mass is 35.5. The Labute approximate surface area is 154 Å². The Morgan fingerprint density at radius 3 is 2.62 bits per heavy atom. The third kappa shape index (κ3) is 3.26. The molecule has 7 nitrogen and oxygen atoms in total. The summed E-state index contributed by atoms with van der Waals surface area (Å²) < 4.78 is 33.9. The number of halogens is 1. The highest BCUT2D eigenvalue weighted by Crippen LogP contribution is 2.31. The fraction of sp³-hybridized carbons (Fsp3) is 0.118. The van der Waals surface area contributed by atoms with Crippen LogP contribution in [-0.4, -0.2) is 21.4 Å². The van der Waals surface area contributed by atoms with Gasteiger partial charge in [0.25, 0.3) is 5.91 Å². The fourth-order valence-electron chi connectivity index (χ4n) is 2.59. The van der Waals surface area contributed by atoms with E-state index >= 15 is 0 Å². The van der Waals surface area contributed by atoms with E-state index in [-0.39, 0.29) is 22.1 Å². The van der Waals surface area contributed by atoms with Crippen LogP contribution in [0.3, 0.4) is 0 Å². The summed E-state index contributed by atoms with van der Waals surface area (Å²) in [5.74, 6) is -0.376. The number of rotatable bonds is 4. The van der Waals surface area contributed by atoms with E-state index in [9.17, 15) is 13.2 Å². The number of amides is 1. The zero-order valence-corrected chi connectivity index (χ0v) is 15.4. The summed E-state index contributed by atoms with van der Waals surface area (Å²) >= 11 is 6.09. The average molecular weight is 395 g/mol. The van der Waals surface area contributed by atoms with E-state index in [1.807, 2.05) is 0 Å². The molecule has 0 aliphatic heterocycles. The van der Waals surface area contributed by atoms with Gasteiger partial charge in [0.1, 0.15) is 10.6 Å². The minimum atomic E-state index is -4.02. The normalized spacial score (nSPS) is 11.5. The van der Waals surface area contributed by atoms with Crippen LogP contribution >= 0.6 is 11.6 Å². The Morgan fingerprint density at radius 1 is 1.27 bits per heavy atom. The maximum Gasteiger partial charge on any atom is 0.291 e. The lowest BCUT2D eigenvalue weighted by atomic mass is 10.1. The van der Waals surface area contributed by atoms with Gasteiger partial charge in [0.15, 0.2) is 11.3 Å². The number of anilines is 1. The molecule has 3 rings (SSSR count).